The number of phenolic OH excluding ortho intramolecular Hbond substituents is 1. The first kappa shape index (κ1) is 22.1. The van der Waals surface area contributed by atoms with Gasteiger partial charge in [0.25, 0.3) is 11.7 Å². The quantitative estimate of drug-likeness (QED) is 0.338. The number of amides is 1. The number of nitrogens with zero attached hydrogens (tertiary/aromatic N) is 1. The summed E-state index contributed by atoms with van der Waals surface area (Å²) in [4.78, 5) is 27.9. The van der Waals surface area contributed by atoms with Gasteiger partial charge < -0.3 is 14.9 Å². The number of aryl methyl sites for hydroxylation is 3. The number of methoxy groups -OCH3 is 1. The maximum absolute atomic E-state index is 13.3. The summed E-state index contributed by atoms with van der Waals surface area (Å²) in [6.07, 6.45) is 0. The topological polar surface area (TPSA) is 87.1 Å². The maximum Gasteiger partial charge on any atom is 0.300 e. The highest BCUT2D eigenvalue weighted by Gasteiger charge is 2.47. The summed E-state index contributed by atoms with van der Waals surface area (Å²) in [6.45, 7) is 5.66. The summed E-state index contributed by atoms with van der Waals surface area (Å²) >= 11 is 0. The van der Waals surface area contributed by atoms with Crippen LogP contribution in [-0.2, 0) is 9.59 Å². The van der Waals surface area contributed by atoms with Gasteiger partial charge in [-0.1, -0.05) is 35.9 Å². The number of ether oxygens (including phenoxy) is 1. The molecule has 3 aromatic carbocycles. The molecule has 3 aromatic rings. The summed E-state index contributed by atoms with van der Waals surface area (Å²) in [5.74, 6) is -1.33. The molecule has 0 aromatic heterocycles. The van der Waals surface area contributed by atoms with Gasteiger partial charge in [-0.05, 0) is 67.8 Å². The van der Waals surface area contributed by atoms with Crippen molar-refractivity contribution in [3.05, 3.63) is 94.1 Å². The Kier molecular flexibility index (Phi) is 5.68. The van der Waals surface area contributed by atoms with Gasteiger partial charge in [0.2, 0.25) is 0 Å². The van der Waals surface area contributed by atoms with Crippen molar-refractivity contribution in [3.8, 4) is 11.5 Å². The van der Waals surface area contributed by atoms with Crippen LogP contribution in [0.1, 0.15) is 33.9 Å². The smallest absolute Gasteiger partial charge is 0.300 e. The van der Waals surface area contributed by atoms with Gasteiger partial charge in [0.05, 0.1) is 24.3 Å². The van der Waals surface area contributed by atoms with E-state index in [1.165, 1.54) is 24.1 Å². The molecule has 2 N–H and O–H groups in total. The summed E-state index contributed by atoms with van der Waals surface area (Å²) in [7, 11) is 1.50. The first-order chi connectivity index (χ1) is 15.7. The number of anilines is 1. The normalized spacial score (nSPS) is 17.5. The van der Waals surface area contributed by atoms with E-state index < -0.39 is 17.7 Å². The maximum atomic E-state index is 13.3. The molecular formula is C27H25NO5. The van der Waals surface area contributed by atoms with E-state index in [2.05, 4.69) is 0 Å². The molecule has 1 aliphatic rings. The van der Waals surface area contributed by atoms with Crippen molar-refractivity contribution in [2.24, 2.45) is 0 Å². The average Bonchev–Trinajstić information content (AvgIpc) is 3.04. The highest BCUT2D eigenvalue weighted by Crippen LogP contribution is 2.44. The van der Waals surface area contributed by atoms with Crippen LogP contribution in [0.2, 0.25) is 0 Å². The van der Waals surface area contributed by atoms with Gasteiger partial charge in [-0.3, -0.25) is 14.5 Å². The minimum atomic E-state index is -0.876. The molecule has 0 saturated carbocycles. The van der Waals surface area contributed by atoms with E-state index in [0.717, 1.165) is 16.7 Å². The molecule has 1 amide bonds. The number of aliphatic hydroxyl groups is 1. The summed E-state index contributed by atoms with van der Waals surface area (Å²) in [6, 6.07) is 16.3. The number of hydrogen-bond acceptors (Lipinski definition) is 5. The lowest BCUT2D eigenvalue weighted by atomic mass is 9.93. The number of aromatic hydroxyl groups is 1. The average molecular weight is 443 g/mol. The van der Waals surface area contributed by atoms with Gasteiger partial charge in [-0.15, -0.1) is 0 Å². The second-order valence-electron chi connectivity index (χ2n) is 8.26. The van der Waals surface area contributed by atoms with E-state index in [0.29, 0.717) is 22.6 Å². The molecule has 4 rings (SSSR count). The number of hydrogen-bond donors (Lipinski definition) is 2. The van der Waals surface area contributed by atoms with Crippen LogP contribution in [0.15, 0.2) is 66.2 Å². The molecule has 1 heterocycles. The minimum Gasteiger partial charge on any atom is -0.508 e. The third kappa shape index (κ3) is 3.84. The third-order valence-electron chi connectivity index (χ3n) is 5.84. The van der Waals surface area contributed by atoms with Gasteiger partial charge >= 0.3 is 0 Å². The number of Topliss-reactive ketones (excluding diaryl/α,β-unsaturated/α-hetero) is 1. The monoisotopic (exact) mass is 443 g/mol. The van der Waals surface area contributed by atoms with Crippen molar-refractivity contribution in [2.75, 3.05) is 12.0 Å². The molecule has 33 heavy (non-hydrogen) atoms. The zero-order valence-electron chi connectivity index (χ0n) is 18.9. The largest absolute Gasteiger partial charge is 0.508 e. The van der Waals surface area contributed by atoms with Crippen LogP contribution in [-0.4, -0.2) is 29.0 Å². The molecular weight excluding hydrogens is 418 g/mol. The van der Waals surface area contributed by atoms with Crippen LogP contribution in [0.3, 0.4) is 0 Å². The summed E-state index contributed by atoms with van der Waals surface area (Å²) in [5.41, 5.74) is 4.12. The number of benzene rings is 3. The van der Waals surface area contributed by atoms with E-state index in [1.54, 1.807) is 30.3 Å². The zero-order chi connectivity index (χ0) is 23.9. The second-order valence-corrected chi connectivity index (χ2v) is 8.26. The van der Waals surface area contributed by atoms with Crippen molar-refractivity contribution in [2.45, 2.75) is 26.8 Å². The molecule has 0 aliphatic carbocycles. The van der Waals surface area contributed by atoms with Crippen LogP contribution >= 0.6 is 0 Å². The van der Waals surface area contributed by atoms with Crippen LogP contribution in [0.25, 0.3) is 5.76 Å². The molecule has 1 fully saturated rings. The Morgan fingerprint density at radius 1 is 0.909 bits per heavy atom. The Morgan fingerprint density at radius 2 is 1.55 bits per heavy atom. The summed E-state index contributed by atoms with van der Waals surface area (Å²) in [5, 5.41) is 21.2. The van der Waals surface area contributed by atoms with E-state index >= 15 is 0 Å². The Hall–Kier alpha value is -4.06. The van der Waals surface area contributed by atoms with Gasteiger partial charge in [-0.2, -0.15) is 0 Å². The van der Waals surface area contributed by atoms with E-state index in [1.807, 2.05) is 39.0 Å². The molecule has 0 spiro atoms. The van der Waals surface area contributed by atoms with Crippen LogP contribution in [0.4, 0.5) is 5.69 Å². The number of ketones is 1. The third-order valence-corrected chi connectivity index (χ3v) is 5.84. The molecule has 168 valence electrons. The van der Waals surface area contributed by atoms with E-state index in [-0.39, 0.29) is 17.1 Å². The number of aliphatic hydroxyl groups excluding tert-OH is 1. The highest BCUT2D eigenvalue weighted by molar-refractivity contribution is 6.51. The van der Waals surface area contributed by atoms with Gasteiger partial charge in [0.1, 0.15) is 17.3 Å². The number of carbonyl (C=O) groups excluding carboxylic acids is 2. The molecule has 1 unspecified atom stereocenters. The van der Waals surface area contributed by atoms with E-state index in [4.69, 9.17) is 4.74 Å². The number of phenols is 1. The Morgan fingerprint density at radius 3 is 2.15 bits per heavy atom. The Bertz CT molecular complexity index is 1270. The van der Waals surface area contributed by atoms with Crippen molar-refractivity contribution in [1.82, 2.24) is 0 Å². The molecule has 1 saturated heterocycles. The lowest BCUT2D eigenvalue weighted by molar-refractivity contribution is -0.132. The van der Waals surface area contributed by atoms with Crippen LogP contribution in [0, 0.1) is 20.8 Å². The highest BCUT2D eigenvalue weighted by atomic mass is 16.5. The molecule has 6 heteroatoms. The van der Waals surface area contributed by atoms with Crippen LogP contribution in [0.5, 0.6) is 11.5 Å². The van der Waals surface area contributed by atoms with Crippen LogP contribution < -0.4 is 9.64 Å². The molecule has 0 bridgehead atoms. The minimum absolute atomic E-state index is 0.0328. The van der Waals surface area contributed by atoms with Crippen molar-refractivity contribution < 1.29 is 24.5 Å². The standard InChI is InChI=1S/C27H25NO5/c1-15-5-9-19(10-6-15)28-23(18-7-11-20(29)12-8-18)22(25(31)27(28)32)24(30)21-14-16(2)13-17(3)26(21)33-4/h5-14,23,29-30H,1-4H3/b24-22+. The molecule has 1 aliphatic heterocycles. The van der Waals surface area contributed by atoms with Crippen molar-refractivity contribution in [1.29, 1.82) is 0 Å². The molecule has 0 radical (unpaired) electrons. The molecule has 1 atom stereocenters. The zero-order valence-corrected chi connectivity index (χ0v) is 18.9. The predicted molar refractivity (Wildman–Crippen MR) is 127 cm³/mol. The summed E-state index contributed by atoms with van der Waals surface area (Å²) < 4.78 is 5.52. The lowest BCUT2D eigenvalue weighted by Crippen LogP contribution is -2.29. The SMILES string of the molecule is COc1c(C)cc(C)cc1/C(O)=C1\C(=O)C(=O)N(c2ccc(C)cc2)C1c1ccc(O)cc1. The first-order valence-electron chi connectivity index (χ1n) is 10.5. The van der Waals surface area contributed by atoms with Crippen molar-refractivity contribution in [3.63, 3.8) is 0 Å². The van der Waals surface area contributed by atoms with Gasteiger partial charge in [0.15, 0.2) is 0 Å². The Labute approximate surface area is 192 Å². The van der Waals surface area contributed by atoms with Gasteiger partial charge in [0, 0.05) is 5.69 Å². The fraction of sp³-hybridized carbons (Fsp3) is 0.185. The van der Waals surface area contributed by atoms with Gasteiger partial charge in [-0.25, -0.2) is 0 Å². The van der Waals surface area contributed by atoms with E-state index in [9.17, 15) is 19.8 Å². The fourth-order valence-electron chi connectivity index (χ4n) is 4.32. The second kappa shape index (κ2) is 8.47. The Balaban J connectivity index is 2.00. The number of rotatable bonds is 4. The molecule has 6 nitrogen and oxygen atoms in total. The first-order valence-corrected chi connectivity index (χ1v) is 10.5. The lowest BCUT2D eigenvalue weighted by Gasteiger charge is -2.26. The predicted octanol–water partition coefficient (Wildman–Crippen LogP) is 4.95. The fourth-order valence-corrected chi connectivity index (χ4v) is 4.32. The van der Waals surface area contributed by atoms with Crippen molar-refractivity contribution >= 4 is 23.1 Å². The number of carbonyl (C=O) groups is 2.